The summed E-state index contributed by atoms with van der Waals surface area (Å²) in [6.07, 6.45) is 4.44. The van der Waals surface area contributed by atoms with Crippen molar-refractivity contribution in [2.24, 2.45) is 5.92 Å². The Hall–Kier alpha value is -3.41. The van der Waals surface area contributed by atoms with Crippen LogP contribution in [0, 0.1) is 12.8 Å². The van der Waals surface area contributed by atoms with Crippen molar-refractivity contribution in [1.29, 1.82) is 0 Å². The number of aromatic nitrogens is 6. The molecular weight excluding hydrogens is 396 g/mol. The summed E-state index contributed by atoms with van der Waals surface area (Å²) in [5, 5.41) is 7.23. The molecule has 4 heterocycles. The maximum absolute atomic E-state index is 12.5. The largest absolute Gasteiger partial charge is 0.462 e. The number of hydrogen-bond donors (Lipinski definition) is 1. The van der Waals surface area contributed by atoms with E-state index in [2.05, 4.69) is 30.4 Å². The van der Waals surface area contributed by atoms with Crippen LogP contribution in [0.4, 0.5) is 10.9 Å². The molecule has 4 rings (SSSR count). The van der Waals surface area contributed by atoms with Crippen LogP contribution >= 0.6 is 11.3 Å². The number of thiazole rings is 1. The van der Waals surface area contributed by atoms with Crippen LogP contribution in [0.25, 0.3) is 5.82 Å². The summed E-state index contributed by atoms with van der Waals surface area (Å²) in [6.45, 7) is 4.79. The highest BCUT2D eigenvalue weighted by Crippen LogP contribution is 2.27. The van der Waals surface area contributed by atoms with Gasteiger partial charge in [0.1, 0.15) is 29.7 Å². The number of carbonyl (C=O) groups is 2. The first-order valence-corrected chi connectivity index (χ1v) is 9.74. The molecule has 12 heteroatoms. The smallest absolute Gasteiger partial charge is 0.350 e. The van der Waals surface area contributed by atoms with Crippen molar-refractivity contribution >= 4 is 34.2 Å². The van der Waals surface area contributed by atoms with Gasteiger partial charge in [0.25, 0.3) is 0 Å². The molecule has 29 heavy (non-hydrogen) atoms. The van der Waals surface area contributed by atoms with Crippen LogP contribution < -0.4 is 10.2 Å². The van der Waals surface area contributed by atoms with E-state index < -0.39 is 5.97 Å². The standard InChI is InChI=1S/C17H18N8O3S/c1-3-28-16(27)14-10(2)22-17(29-14)23-15(26)11-5-24(6-11)12-4-13(20-8-19-12)25-9-18-7-21-25/h4,7-9,11H,3,5-6H2,1-2H3,(H,22,23,26). The number of esters is 1. The number of nitrogens with one attached hydrogen (secondary N) is 1. The van der Waals surface area contributed by atoms with Gasteiger partial charge in [0.05, 0.1) is 18.2 Å². The molecule has 3 aromatic rings. The zero-order valence-electron chi connectivity index (χ0n) is 15.8. The summed E-state index contributed by atoms with van der Waals surface area (Å²) in [7, 11) is 0. The normalized spacial score (nSPS) is 13.8. The van der Waals surface area contributed by atoms with Crippen LogP contribution in [0.2, 0.25) is 0 Å². The molecule has 0 aliphatic carbocycles. The predicted molar refractivity (Wildman–Crippen MR) is 104 cm³/mol. The van der Waals surface area contributed by atoms with E-state index in [1.807, 2.05) is 4.90 Å². The average molecular weight is 414 g/mol. The lowest BCUT2D eigenvalue weighted by Gasteiger charge is -2.38. The number of carbonyl (C=O) groups excluding carboxylic acids is 2. The second-order valence-electron chi connectivity index (χ2n) is 6.32. The highest BCUT2D eigenvalue weighted by molar-refractivity contribution is 7.17. The van der Waals surface area contributed by atoms with Gasteiger partial charge in [-0.2, -0.15) is 5.10 Å². The molecule has 150 valence electrons. The third-order valence-electron chi connectivity index (χ3n) is 4.36. The van der Waals surface area contributed by atoms with Crippen LogP contribution in [0.3, 0.4) is 0 Å². The topological polar surface area (TPSA) is 128 Å². The van der Waals surface area contributed by atoms with Crippen molar-refractivity contribution in [2.75, 3.05) is 29.9 Å². The maximum Gasteiger partial charge on any atom is 0.350 e. The summed E-state index contributed by atoms with van der Waals surface area (Å²) in [4.78, 5) is 43.3. The Morgan fingerprint density at radius 1 is 1.28 bits per heavy atom. The molecule has 0 atom stereocenters. The van der Waals surface area contributed by atoms with Gasteiger partial charge in [-0.25, -0.2) is 29.4 Å². The van der Waals surface area contributed by atoms with Crippen LogP contribution in [0.15, 0.2) is 25.0 Å². The highest BCUT2D eigenvalue weighted by atomic mass is 32.1. The van der Waals surface area contributed by atoms with Crippen molar-refractivity contribution in [2.45, 2.75) is 13.8 Å². The maximum atomic E-state index is 12.5. The van der Waals surface area contributed by atoms with Gasteiger partial charge in [0, 0.05) is 19.2 Å². The molecule has 1 amide bonds. The van der Waals surface area contributed by atoms with Gasteiger partial charge in [-0.1, -0.05) is 11.3 Å². The molecule has 1 N–H and O–H groups in total. The van der Waals surface area contributed by atoms with E-state index in [1.165, 1.54) is 12.7 Å². The number of hydrogen-bond acceptors (Lipinski definition) is 10. The summed E-state index contributed by atoms with van der Waals surface area (Å²) in [5.41, 5.74) is 0.542. The fourth-order valence-corrected chi connectivity index (χ4v) is 3.70. The van der Waals surface area contributed by atoms with Gasteiger partial charge in [0.2, 0.25) is 5.91 Å². The number of anilines is 2. The van der Waals surface area contributed by atoms with Gasteiger partial charge in [-0.15, -0.1) is 0 Å². The molecule has 1 aliphatic heterocycles. The number of nitrogens with zero attached hydrogens (tertiary/aromatic N) is 7. The Labute approximate surface area is 169 Å². The first-order valence-electron chi connectivity index (χ1n) is 8.92. The zero-order chi connectivity index (χ0) is 20.4. The molecule has 1 fully saturated rings. The minimum atomic E-state index is -0.426. The van der Waals surface area contributed by atoms with E-state index in [0.29, 0.717) is 40.4 Å². The molecule has 0 aromatic carbocycles. The second-order valence-corrected chi connectivity index (χ2v) is 7.32. The van der Waals surface area contributed by atoms with Gasteiger partial charge >= 0.3 is 5.97 Å². The van der Waals surface area contributed by atoms with E-state index >= 15 is 0 Å². The second kappa shape index (κ2) is 7.91. The van der Waals surface area contributed by atoms with Crippen LogP contribution in [0.5, 0.6) is 0 Å². The van der Waals surface area contributed by atoms with Crippen molar-refractivity contribution in [1.82, 2.24) is 29.7 Å². The van der Waals surface area contributed by atoms with Crippen LogP contribution in [0.1, 0.15) is 22.3 Å². The molecule has 0 bridgehead atoms. The quantitative estimate of drug-likeness (QED) is 0.589. The first-order chi connectivity index (χ1) is 14.0. The predicted octanol–water partition coefficient (Wildman–Crippen LogP) is 1.07. The first kappa shape index (κ1) is 18.9. The summed E-state index contributed by atoms with van der Waals surface area (Å²) < 4.78 is 6.54. The Balaban J connectivity index is 1.36. The molecule has 1 saturated heterocycles. The van der Waals surface area contributed by atoms with Crippen molar-refractivity contribution in [3.8, 4) is 5.82 Å². The lowest BCUT2D eigenvalue weighted by molar-refractivity contribution is -0.120. The Bertz CT molecular complexity index is 1030. The zero-order valence-corrected chi connectivity index (χ0v) is 16.6. The molecule has 11 nitrogen and oxygen atoms in total. The Morgan fingerprint density at radius 3 is 2.79 bits per heavy atom. The van der Waals surface area contributed by atoms with Crippen molar-refractivity contribution < 1.29 is 14.3 Å². The fraction of sp³-hybridized carbons (Fsp3) is 0.353. The minimum absolute atomic E-state index is 0.143. The molecule has 0 radical (unpaired) electrons. The van der Waals surface area contributed by atoms with E-state index in [0.717, 1.165) is 11.3 Å². The number of aryl methyl sites for hydroxylation is 1. The van der Waals surface area contributed by atoms with E-state index in [9.17, 15) is 9.59 Å². The molecule has 0 spiro atoms. The molecule has 0 unspecified atom stereocenters. The van der Waals surface area contributed by atoms with Crippen molar-refractivity contribution in [3.05, 3.63) is 35.6 Å². The Morgan fingerprint density at radius 2 is 2.07 bits per heavy atom. The van der Waals surface area contributed by atoms with Gasteiger partial charge in [0.15, 0.2) is 10.9 Å². The molecule has 0 saturated carbocycles. The molecule has 1 aliphatic rings. The summed E-state index contributed by atoms with van der Waals surface area (Å²) in [5.74, 6) is 0.546. The summed E-state index contributed by atoms with van der Waals surface area (Å²) >= 11 is 1.12. The van der Waals surface area contributed by atoms with Crippen LogP contribution in [-0.2, 0) is 9.53 Å². The van der Waals surface area contributed by atoms with E-state index in [4.69, 9.17) is 4.74 Å². The molecular formula is C17H18N8O3S. The van der Waals surface area contributed by atoms with Crippen LogP contribution in [-0.4, -0.2) is 61.3 Å². The van der Waals surface area contributed by atoms with Gasteiger partial charge < -0.3 is 15.0 Å². The third kappa shape index (κ3) is 3.92. The number of ether oxygens (including phenoxy) is 1. The number of amides is 1. The van der Waals surface area contributed by atoms with E-state index in [1.54, 1.807) is 30.9 Å². The monoisotopic (exact) mass is 414 g/mol. The third-order valence-corrected chi connectivity index (χ3v) is 5.41. The minimum Gasteiger partial charge on any atom is -0.462 e. The van der Waals surface area contributed by atoms with Gasteiger partial charge in [-0.3, -0.25) is 4.79 Å². The number of rotatable bonds is 6. The van der Waals surface area contributed by atoms with Gasteiger partial charge in [-0.05, 0) is 13.8 Å². The fourth-order valence-electron chi connectivity index (χ4n) is 2.84. The SMILES string of the molecule is CCOC(=O)c1sc(NC(=O)C2CN(c3cc(-n4cncn4)ncn3)C2)nc1C. The van der Waals surface area contributed by atoms with E-state index in [-0.39, 0.29) is 18.4 Å². The lowest BCUT2D eigenvalue weighted by atomic mass is 9.99. The lowest BCUT2D eigenvalue weighted by Crippen LogP contribution is -2.52. The highest BCUT2D eigenvalue weighted by Gasteiger charge is 2.34. The average Bonchev–Trinajstić information content (AvgIpc) is 3.31. The summed E-state index contributed by atoms with van der Waals surface area (Å²) in [6, 6.07) is 1.79. The van der Waals surface area contributed by atoms with Crippen molar-refractivity contribution in [3.63, 3.8) is 0 Å². The molecule has 3 aromatic heterocycles. The Kier molecular flexibility index (Phi) is 5.16.